The molecule has 0 aromatic carbocycles. The highest BCUT2D eigenvalue weighted by Gasteiger charge is 2.44. The number of fused-ring (bicyclic) bond motifs is 1. The van der Waals surface area contributed by atoms with Gasteiger partial charge in [0.2, 0.25) is 0 Å². The first-order chi connectivity index (χ1) is 6.09. The van der Waals surface area contributed by atoms with Gasteiger partial charge in [-0.15, -0.1) is 0 Å². The van der Waals surface area contributed by atoms with E-state index in [1.165, 1.54) is 13.1 Å². The molecule has 0 radical (unpaired) electrons. The molecule has 5 atom stereocenters. The average molecular weight is 183 g/mol. The van der Waals surface area contributed by atoms with Crippen LogP contribution in [-0.4, -0.2) is 36.2 Å². The van der Waals surface area contributed by atoms with E-state index >= 15 is 0 Å². The number of rotatable bonds is 0. The molecule has 0 unspecified atom stereocenters. The van der Waals surface area contributed by atoms with Crippen molar-refractivity contribution in [1.82, 2.24) is 4.90 Å². The van der Waals surface area contributed by atoms with Crippen molar-refractivity contribution in [2.75, 3.05) is 20.1 Å². The first-order valence-electron chi connectivity index (χ1n) is 5.46. The standard InChI is InChI=1S/C11H21NO/c1-7-5-12(3)6-10-8(2)11(13)4-9(7)10/h7-11,13H,4-6H2,1-3H3/t7-,8-,9-,10+,11-/m1/s1. The van der Waals surface area contributed by atoms with Gasteiger partial charge in [0.1, 0.15) is 0 Å². The second-order valence-corrected chi connectivity index (χ2v) is 5.19. The Labute approximate surface area is 80.9 Å². The lowest BCUT2D eigenvalue weighted by atomic mass is 9.79. The van der Waals surface area contributed by atoms with E-state index in [1.54, 1.807) is 0 Å². The van der Waals surface area contributed by atoms with Gasteiger partial charge in [0.05, 0.1) is 6.10 Å². The van der Waals surface area contributed by atoms with Crippen LogP contribution in [-0.2, 0) is 0 Å². The summed E-state index contributed by atoms with van der Waals surface area (Å²) >= 11 is 0. The smallest absolute Gasteiger partial charge is 0.0571 e. The summed E-state index contributed by atoms with van der Waals surface area (Å²) in [6, 6.07) is 0. The monoisotopic (exact) mass is 183 g/mol. The number of nitrogens with zero attached hydrogens (tertiary/aromatic N) is 1. The Morgan fingerprint density at radius 1 is 1.15 bits per heavy atom. The Kier molecular flexibility index (Phi) is 2.37. The molecule has 1 saturated carbocycles. The van der Waals surface area contributed by atoms with Crippen LogP contribution in [0.2, 0.25) is 0 Å². The van der Waals surface area contributed by atoms with E-state index in [0.29, 0.717) is 5.92 Å². The van der Waals surface area contributed by atoms with E-state index in [1.807, 2.05) is 0 Å². The van der Waals surface area contributed by atoms with E-state index < -0.39 is 0 Å². The zero-order chi connectivity index (χ0) is 9.59. The number of aliphatic hydroxyl groups is 1. The minimum absolute atomic E-state index is 0.0380. The number of aliphatic hydroxyl groups excluding tert-OH is 1. The Bertz CT molecular complexity index is 195. The Hall–Kier alpha value is -0.0800. The molecule has 13 heavy (non-hydrogen) atoms. The molecule has 76 valence electrons. The normalized spacial score (nSPS) is 52.2. The van der Waals surface area contributed by atoms with Crippen molar-refractivity contribution < 1.29 is 5.11 Å². The number of hydrogen-bond donors (Lipinski definition) is 1. The summed E-state index contributed by atoms with van der Waals surface area (Å²) in [6.45, 7) is 6.94. The second-order valence-electron chi connectivity index (χ2n) is 5.19. The first kappa shape index (κ1) is 9.47. The summed E-state index contributed by atoms with van der Waals surface area (Å²) < 4.78 is 0. The van der Waals surface area contributed by atoms with E-state index in [4.69, 9.17) is 0 Å². The molecule has 1 N–H and O–H groups in total. The van der Waals surface area contributed by atoms with Crippen molar-refractivity contribution in [3.8, 4) is 0 Å². The predicted molar refractivity (Wildman–Crippen MR) is 53.4 cm³/mol. The molecule has 1 saturated heterocycles. The summed E-state index contributed by atoms with van der Waals surface area (Å²) in [5, 5.41) is 9.81. The second kappa shape index (κ2) is 3.25. The van der Waals surface area contributed by atoms with Crippen molar-refractivity contribution >= 4 is 0 Å². The first-order valence-corrected chi connectivity index (χ1v) is 5.46. The van der Waals surface area contributed by atoms with Crippen LogP contribution in [0.1, 0.15) is 20.3 Å². The van der Waals surface area contributed by atoms with E-state index in [0.717, 1.165) is 24.2 Å². The van der Waals surface area contributed by atoms with Crippen LogP contribution < -0.4 is 0 Å². The highest BCUT2D eigenvalue weighted by Crippen LogP contribution is 2.44. The predicted octanol–water partition coefficient (Wildman–Crippen LogP) is 1.20. The van der Waals surface area contributed by atoms with Gasteiger partial charge in [-0.25, -0.2) is 0 Å². The zero-order valence-electron chi connectivity index (χ0n) is 8.90. The van der Waals surface area contributed by atoms with Crippen LogP contribution in [0.15, 0.2) is 0 Å². The van der Waals surface area contributed by atoms with Crippen LogP contribution >= 0.6 is 0 Å². The summed E-state index contributed by atoms with van der Waals surface area (Å²) in [6.07, 6.45) is 1.00. The molecular weight excluding hydrogens is 162 g/mol. The maximum atomic E-state index is 9.81. The minimum atomic E-state index is -0.0380. The van der Waals surface area contributed by atoms with Crippen molar-refractivity contribution in [1.29, 1.82) is 0 Å². The Morgan fingerprint density at radius 2 is 1.85 bits per heavy atom. The zero-order valence-corrected chi connectivity index (χ0v) is 8.90. The third-order valence-corrected chi connectivity index (χ3v) is 4.20. The number of hydrogen-bond acceptors (Lipinski definition) is 2. The molecule has 1 aliphatic heterocycles. The molecule has 2 nitrogen and oxygen atoms in total. The lowest BCUT2D eigenvalue weighted by Gasteiger charge is -2.38. The summed E-state index contributed by atoms with van der Waals surface area (Å²) in [5.41, 5.74) is 0. The van der Waals surface area contributed by atoms with Gasteiger partial charge in [0, 0.05) is 13.1 Å². The SMILES string of the molecule is C[C@@H]1[C@@H]2CN(C)C[C@@H](C)[C@H]2C[C@H]1O. The molecule has 2 rings (SSSR count). The maximum absolute atomic E-state index is 9.81. The third-order valence-electron chi connectivity index (χ3n) is 4.20. The largest absolute Gasteiger partial charge is 0.393 e. The summed E-state index contributed by atoms with van der Waals surface area (Å²) in [4.78, 5) is 2.42. The topological polar surface area (TPSA) is 23.5 Å². The fraction of sp³-hybridized carbons (Fsp3) is 1.00. The molecule has 0 aromatic heterocycles. The summed E-state index contributed by atoms with van der Waals surface area (Å²) in [7, 11) is 2.20. The van der Waals surface area contributed by atoms with Crippen molar-refractivity contribution in [3.63, 3.8) is 0 Å². The molecule has 0 aromatic rings. The molecule has 0 bridgehead atoms. The fourth-order valence-electron chi connectivity index (χ4n) is 3.36. The van der Waals surface area contributed by atoms with Gasteiger partial charge in [-0.3, -0.25) is 0 Å². The molecule has 1 heterocycles. The highest BCUT2D eigenvalue weighted by atomic mass is 16.3. The van der Waals surface area contributed by atoms with Gasteiger partial charge in [-0.2, -0.15) is 0 Å². The molecule has 0 amide bonds. The Morgan fingerprint density at radius 3 is 2.54 bits per heavy atom. The van der Waals surface area contributed by atoms with Gasteiger partial charge in [-0.1, -0.05) is 13.8 Å². The fourth-order valence-corrected chi connectivity index (χ4v) is 3.36. The van der Waals surface area contributed by atoms with E-state index in [2.05, 4.69) is 25.8 Å². The highest BCUT2D eigenvalue weighted by molar-refractivity contribution is 4.95. The van der Waals surface area contributed by atoms with Gasteiger partial charge in [-0.05, 0) is 37.1 Å². The van der Waals surface area contributed by atoms with Gasteiger partial charge >= 0.3 is 0 Å². The van der Waals surface area contributed by atoms with Crippen LogP contribution in [0.5, 0.6) is 0 Å². The van der Waals surface area contributed by atoms with E-state index in [9.17, 15) is 5.11 Å². The quantitative estimate of drug-likeness (QED) is 0.610. The van der Waals surface area contributed by atoms with Gasteiger partial charge in [0.15, 0.2) is 0 Å². The Balaban J connectivity index is 2.12. The van der Waals surface area contributed by atoms with Crippen molar-refractivity contribution in [3.05, 3.63) is 0 Å². The number of piperidine rings is 1. The lowest BCUT2D eigenvalue weighted by Crippen LogP contribution is -2.42. The van der Waals surface area contributed by atoms with Crippen LogP contribution in [0, 0.1) is 23.7 Å². The summed E-state index contributed by atoms with van der Waals surface area (Å²) in [5.74, 6) is 2.79. The molecule has 0 spiro atoms. The van der Waals surface area contributed by atoms with Gasteiger partial charge < -0.3 is 10.0 Å². The van der Waals surface area contributed by atoms with Crippen LogP contribution in [0.3, 0.4) is 0 Å². The van der Waals surface area contributed by atoms with Crippen molar-refractivity contribution in [2.24, 2.45) is 23.7 Å². The molecule has 2 fully saturated rings. The minimum Gasteiger partial charge on any atom is -0.393 e. The third kappa shape index (κ3) is 1.50. The lowest BCUT2D eigenvalue weighted by molar-refractivity contribution is 0.0850. The maximum Gasteiger partial charge on any atom is 0.0571 e. The van der Waals surface area contributed by atoms with Gasteiger partial charge in [0.25, 0.3) is 0 Å². The van der Waals surface area contributed by atoms with Crippen LogP contribution in [0.4, 0.5) is 0 Å². The molecule has 2 heteroatoms. The average Bonchev–Trinajstić information content (AvgIpc) is 2.32. The van der Waals surface area contributed by atoms with Crippen molar-refractivity contribution in [2.45, 2.75) is 26.4 Å². The van der Waals surface area contributed by atoms with Crippen LogP contribution in [0.25, 0.3) is 0 Å². The molecular formula is C11H21NO. The van der Waals surface area contributed by atoms with E-state index in [-0.39, 0.29) is 6.10 Å². The number of likely N-dealkylation sites (tertiary alicyclic amines) is 1. The molecule has 1 aliphatic carbocycles. The molecule has 2 aliphatic rings.